The molecule has 0 radical (unpaired) electrons. The van der Waals surface area contributed by atoms with E-state index < -0.39 is 60.3 Å². The van der Waals surface area contributed by atoms with Crippen LogP contribution in [0.1, 0.15) is 33.5 Å². The van der Waals surface area contributed by atoms with Crippen molar-refractivity contribution >= 4 is 52.4 Å². The van der Waals surface area contributed by atoms with Gasteiger partial charge in [-0.1, -0.05) is 40.9 Å². The molecule has 5 nitrogen and oxygen atoms in total. The maximum Gasteiger partial charge on any atom is 0.417 e. The summed E-state index contributed by atoms with van der Waals surface area (Å²) < 4.78 is 83.8. The third-order valence-electron chi connectivity index (χ3n) is 5.39. The molecule has 0 aliphatic carbocycles. The van der Waals surface area contributed by atoms with E-state index in [4.69, 9.17) is 39.9 Å². The molecule has 0 saturated heterocycles. The minimum absolute atomic E-state index is 0.153. The highest BCUT2D eigenvalue weighted by Gasteiger charge is 2.58. The quantitative estimate of drug-likeness (QED) is 0.338. The van der Waals surface area contributed by atoms with Crippen LogP contribution in [0.25, 0.3) is 0 Å². The topological polar surface area (TPSA) is 78.8 Å². The van der Waals surface area contributed by atoms with Crippen molar-refractivity contribution in [1.29, 1.82) is 0 Å². The number of halogens is 9. The van der Waals surface area contributed by atoms with Crippen molar-refractivity contribution in [1.82, 2.24) is 5.32 Å². The Morgan fingerprint density at radius 2 is 1.63 bits per heavy atom. The second-order valence-corrected chi connectivity index (χ2v) is 8.80. The van der Waals surface area contributed by atoms with Crippen molar-refractivity contribution in [3.8, 4) is 0 Å². The zero-order chi connectivity index (χ0) is 26.3. The average Bonchev–Trinajstić information content (AvgIpc) is 3.21. The van der Waals surface area contributed by atoms with E-state index in [-0.39, 0.29) is 31.9 Å². The number of aliphatic carboxylic acids is 1. The smallest absolute Gasteiger partial charge is 0.417 e. The Kier molecular flexibility index (Phi) is 7.36. The van der Waals surface area contributed by atoms with Gasteiger partial charge in [-0.05, 0) is 35.4 Å². The number of carboxylic acids is 1. The Hall–Kier alpha value is -2.50. The number of hydrogen-bond donors (Lipinski definition) is 2. The number of rotatable bonds is 5. The molecule has 1 atom stereocenters. The molecule has 3 rings (SSSR count). The van der Waals surface area contributed by atoms with Crippen LogP contribution in [0.4, 0.5) is 26.3 Å². The SMILES string of the molecule is O=C(O)CNC(=O)c1ccc(C2=NCC(c3cc(Cl)c(Cl)c(Cl)c3)(C(F)(F)F)C2)cc1C(F)(F)F. The molecule has 188 valence electrons. The molecule has 14 heteroatoms. The minimum atomic E-state index is -5.07. The maximum atomic E-state index is 14.3. The van der Waals surface area contributed by atoms with E-state index in [9.17, 15) is 35.9 Å². The van der Waals surface area contributed by atoms with Gasteiger partial charge in [0.15, 0.2) is 0 Å². The fourth-order valence-electron chi connectivity index (χ4n) is 3.61. The van der Waals surface area contributed by atoms with Gasteiger partial charge in [0.05, 0.1) is 32.7 Å². The van der Waals surface area contributed by atoms with Gasteiger partial charge in [0.2, 0.25) is 0 Å². The number of aliphatic imine (C=N–C) groups is 1. The number of alkyl halides is 6. The molecule has 0 aromatic heterocycles. The van der Waals surface area contributed by atoms with E-state index in [0.717, 1.165) is 24.3 Å². The van der Waals surface area contributed by atoms with Gasteiger partial charge in [0.1, 0.15) is 12.0 Å². The highest BCUT2D eigenvalue weighted by atomic mass is 35.5. The van der Waals surface area contributed by atoms with Gasteiger partial charge < -0.3 is 10.4 Å². The maximum absolute atomic E-state index is 14.3. The average molecular weight is 562 g/mol. The van der Waals surface area contributed by atoms with Crippen molar-refractivity contribution in [3.63, 3.8) is 0 Å². The number of nitrogens with zero attached hydrogens (tertiary/aromatic N) is 1. The van der Waals surface area contributed by atoms with Gasteiger partial charge in [0.25, 0.3) is 5.91 Å². The third-order valence-corrected chi connectivity index (χ3v) is 6.59. The lowest BCUT2D eigenvalue weighted by atomic mass is 9.76. The largest absolute Gasteiger partial charge is 0.480 e. The van der Waals surface area contributed by atoms with E-state index in [0.29, 0.717) is 6.07 Å². The van der Waals surface area contributed by atoms with Gasteiger partial charge in [-0.3, -0.25) is 14.6 Å². The van der Waals surface area contributed by atoms with Gasteiger partial charge in [-0.15, -0.1) is 0 Å². The van der Waals surface area contributed by atoms with Crippen LogP contribution in [0.5, 0.6) is 0 Å². The summed E-state index contributed by atoms with van der Waals surface area (Å²) in [5, 5.41) is 9.81. The van der Waals surface area contributed by atoms with E-state index >= 15 is 0 Å². The molecular weight excluding hydrogens is 549 g/mol. The molecule has 1 heterocycles. The van der Waals surface area contributed by atoms with Crippen molar-refractivity contribution in [2.24, 2.45) is 4.99 Å². The van der Waals surface area contributed by atoms with Gasteiger partial charge in [0, 0.05) is 12.1 Å². The number of nitrogens with one attached hydrogen (secondary N) is 1. The van der Waals surface area contributed by atoms with E-state index in [2.05, 4.69) is 4.99 Å². The normalized spacial score (nSPS) is 18.4. The molecule has 2 aromatic rings. The molecule has 1 amide bonds. The lowest BCUT2D eigenvalue weighted by Gasteiger charge is -2.32. The van der Waals surface area contributed by atoms with Crippen molar-refractivity contribution < 1.29 is 41.0 Å². The predicted octanol–water partition coefficient (Wildman–Crippen LogP) is 6.17. The minimum Gasteiger partial charge on any atom is -0.480 e. The summed E-state index contributed by atoms with van der Waals surface area (Å²) in [6.07, 6.45) is -10.8. The molecule has 0 fully saturated rings. The van der Waals surface area contributed by atoms with Gasteiger partial charge >= 0.3 is 18.3 Å². The number of amides is 1. The molecule has 2 aromatic carbocycles. The summed E-state index contributed by atoms with van der Waals surface area (Å²) in [7, 11) is 0. The third kappa shape index (κ3) is 5.36. The first-order valence-corrected chi connectivity index (χ1v) is 10.7. The first-order chi connectivity index (χ1) is 16.1. The highest BCUT2D eigenvalue weighted by molar-refractivity contribution is 6.48. The number of carbonyl (C=O) groups excluding carboxylic acids is 1. The van der Waals surface area contributed by atoms with Crippen LogP contribution in [0.3, 0.4) is 0 Å². The Balaban J connectivity index is 2.03. The summed E-state index contributed by atoms with van der Waals surface area (Å²) in [5.74, 6) is -2.79. The van der Waals surface area contributed by atoms with Crippen LogP contribution in [-0.4, -0.2) is 42.0 Å². The fourth-order valence-corrected chi connectivity index (χ4v) is 4.20. The van der Waals surface area contributed by atoms with Crippen LogP contribution in [-0.2, 0) is 16.4 Å². The lowest BCUT2D eigenvalue weighted by molar-refractivity contribution is -0.183. The molecular formula is C21H13Cl3F6N2O3. The summed E-state index contributed by atoms with van der Waals surface area (Å²) in [4.78, 5) is 26.5. The molecule has 2 N–H and O–H groups in total. The van der Waals surface area contributed by atoms with Crippen LogP contribution in [0.15, 0.2) is 35.3 Å². The van der Waals surface area contributed by atoms with Crippen LogP contribution in [0.2, 0.25) is 15.1 Å². The number of benzene rings is 2. The van der Waals surface area contributed by atoms with Crippen LogP contribution in [0, 0.1) is 0 Å². The van der Waals surface area contributed by atoms with E-state index in [1.807, 2.05) is 5.32 Å². The Morgan fingerprint density at radius 1 is 1.03 bits per heavy atom. The number of carbonyl (C=O) groups is 2. The van der Waals surface area contributed by atoms with Crippen molar-refractivity contribution in [2.75, 3.05) is 13.1 Å². The Bertz CT molecular complexity index is 1210. The Labute approximate surface area is 208 Å². The van der Waals surface area contributed by atoms with Gasteiger partial charge in [-0.2, -0.15) is 26.3 Å². The lowest BCUT2D eigenvalue weighted by Crippen LogP contribution is -2.43. The Morgan fingerprint density at radius 3 is 2.14 bits per heavy atom. The molecule has 1 aliphatic heterocycles. The molecule has 0 bridgehead atoms. The summed E-state index contributed by atoms with van der Waals surface area (Å²) in [6.45, 7) is -1.77. The number of carboxylic acid groups (broad SMARTS) is 1. The first kappa shape index (κ1) is 27.1. The molecule has 1 unspecified atom stereocenters. The zero-order valence-electron chi connectivity index (χ0n) is 17.1. The van der Waals surface area contributed by atoms with Crippen LogP contribution >= 0.6 is 34.8 Å². The molecule has 1 aliphatic rings. The van der Waals surface area contributed by atoms with Crippen LogP contribution < -0.4 is 5.32 Å². The van der Waals surface area contributed by atoms with E-state index in [1.54, 1.807) is 0 Å². The molecule has 35 heavy (non-hydrogen) atoms. The summed E-state index contributed by atoms with van der Waals surface area (Å²) in [5.41, 5.74) is -5.90. The number of hydrogen-bond acceptors (Lipinski definition) is 3. The fraction of sp³-hybridized carbons (Fsp3) is 0.286. The second kappa shape index (κ2) is 9.51. The standard InChI is InChI=1S/C21H13Cl3F6N2O3/c22-13-4-10(5-14(23)17(13)24)19(21(28,29)30)6-15(32-8-19)9-1-2-11(12(3-9)20(25,26)27)18(35)31-7-16(33)34/h1-5H,6-8H2,(H,31,35)(H,33,34). The molecule has 0 spiro atoms. The molecule has 0 saturated carbocycles. The summed E-state index contributed by atoms with van der Waals surface area (Å²) >= 11 is 17.6. The highest BCUT2D eigenvalue weighted by Crippen LogP contribution is 2.50. The van der Waals surface area contributed by atoms with Gasteiger partial charge in [-0.25, -0.2) is 0 Å². The second-order valence-electron chi connectivity index (χ2n) is 7.61. The monoisotopic (exact) mass is 560 g/mol. The van der Waals surface area contributed by atoms with E-state index in [1.165, 1.54) is 0 Å². The zero-order valence-corrected chi connectivity index (χ0v) is 19.4. The predicted molar refractivity (Wildman–Crippen MR) is 117 cm³/mol. The van der Waals surface area contributed by atoms with Crippen molar-refractivity contribution in [3.05, 3.63) is 67.7 Å². The first-order valence-electron chi connectivity index (χ1n) is 9.53. The summed E-state index contributed by atoms with van der Waals surface area (Å²) in [6, 6.07) is 4.24. The van der Waals surface area contributed by atoms with Crippen molar-refractivity contribution in [2.45, 2.75) is 24.2 Å².